The van der Waals surface area contributed by atoms with Gasteiger partial charge < -0.3 is 4.90 Å². The molecule has 4 bridgehead atoms. The molecule has 4 aliphatic rings. The van der Waals surface area contributed by atoms with Crippen LogP contribution in [0.1, 0.15) is 49.9 Å². The molecule has 0 spiro atoms. The Bertz CT molecular complexity index is 886. The number of aromatic nitrogens is 3. The van der Waals surface area contributed by atoms with Crippen molar-refractivity contribution in [3.63, 3.8) is 0 Å². The summed E-state index contributed by atoms with van der Waals surface area (Å²) in [6.45, 7) is 0. The van der Waals surface area contributed by atoms with Gasteiger partial charge in [0.15, 0.2) is 5.82 Å². The third-order valence-electron chi connectivity index (χ3n) is 6.89. The van der Waals surface area contributed by atoms with Crippen LogP contribution in [0.5, 0.6) is 0 Å². The number of benzene rings is 1. The average molecular weight is 382 g/mol. The summed E-state index contributed by atoms with van der Waals surface area (Å²) in [5.41, 5.74) is 2.43. The van der Waals surface area contributed by atoms with E-state index in [2.05, 4.69) is 39.4 Å². The van der Waals surface area contributed by atoms with Crippen LogP contribution in [-0.2, 0) is 5.41 Å². The van der Waals surface area contributed by atoms with E-state index in [-0.39, 0.29) is 5.41 Å². The summed E-state index contributed by atoms with van der Waals surface area (Å²) in [7, 11) is 4.09. The second kappa shape index (κ2) is 6.30. The molecule has 6 rings (SSSR count). The zero-order valence-corrected chi connectivity index (χ0v) is 16.9. The zero-order chi connectivity index (χ0) is 18.6. The highest BCUT2D eigenvalue weighted by molar-refractivity contribution is 7.71. The third kappa shape index (κ3) is 2.94. The Balaban J connectivity index is 1.46. The predicted molar refractivity (Wildman–Crippen MR) is 111 cm³/mol. The summed E-state index contributed by atoms with van der Waals surface area (Å²) < 4.78 is 2.49. The smallest absolute Gasteiger partial charge is 0.216 e. The molecule has 0 amide bonds. The minimum absolute atomic E-state index is 0.175. The van der Waals surface area contributed by atoms with Crippen LogP contribution in [-0.4, -0.2) is 35.2 Å². The SMILES string of the molecule is CN(C)c1ccc(/C=N/n2c(C34CC5CC(CC(C5)C3)C4)n[nH]c2=S)cc1. The molecule has 2 aromatic rings. The molecule has 0 radical (unpaired) electrons. The molecule has 1 aromatic carbocycles. The van der Waals surface area contributed by atoms with E-state index in [1.807, 2.05) is 25.0 Å². The van der Waals surface area contributed by atoms with Crippen molar-refractivity contribution in [3.8, 4) is 0 Å². The van der Waals surface area contributed by atoms with E-state index >= 15 is 0 Å². The molecular weight excluding hydrogens is 354 g/mol. The molecular formula is C21H27N5S. The van der Waals surface area contributed by atoms with E-state index in [9.17, 15) is 0 Å². The van der Waals surface area contributed by atoms with Crippen molar-refractivity contribution in [2.75, 3.05) is 19.0 Å². The first-order valence-electron chi connectivity index (χ1n) is 10.0. The zero-order valence-electron chi connectivity index (χ0n) is 16.1. The maximum absolute atomic E-state index is 5.52. The van der Waals surface area contributed by atoms with Crippen LogP contribution < -0.4 is 4.90 Å². The molecule has 4 saturated carbocycles. The van der Waals surface area contributed by atoms with Crippen LogP contribution >= 0.6 is 12.2 Å². The number of rotatable bonds is 4. The van der Waals surface area contributed by atoms with Crippen LogP contribution in [0.15, 0.2) is 29.4 Å². The predicted octanol–water partition coefficient (Wildman–Crippen LogP) is 4.36. The summed E-state index contributed by atoms with van der Waals surface area (Å²) in [5, 5.41) is 12.4. The summed E-state index contributed by atoms with van der Waals surface area (Å²) >= 11 is 5.52. The lowest BCUT2D eigenvalue weighted by atomic mass is 9.49. The summed E-state index contributed by atoms with van der Waals surface area (Å²) in [6, 6.07) is 8.39. The maximum Gasteiger partial charge on any atom is 0.216 e. The Morgan fingerprint density at radius 3 is 2.26 bits per heavy atom. The van der Waals surface area contributed by atoms with Crippen molar-refractivity contribution in [3.05, 3.63) is 40.4 Å². The highest BCUT2D eigenvalue weighted by Gasteiger charge is 2.53. The average Bonchev–Trinajstić information content (AvgIpc) is 3.00. The van der Waals surface area contributed by atoms with Gasteiger partial charge in [0.05, 0.1) is 6.21 Å². The number of hydrogen-bond acceptors (Lipinski definition) is 4. The molecule has 142 valence electrons. The fourth-order valence-electron chi connectivity index (χ4n) is 6.11. The summed E-state index contributed by atoms with van der Waals surface area (Å²) in [6.07, 6.45) is 9.93. The molecule has 6 heteroatoms. The number of nitrogens with zero attached hydrogens (tertiary/aromatic N) is 4. The first kappa shape index (κ1) is 17.2. The summed E-state index contributed by atoms with van der Waals surface area (Å²) in [5.74, 6) is 3.68. The van der Waals surface area contributed by atoms with E-state index in [1.165, 1.54) is 44.2 Å². The van der Waals surface area contributed by atoms with Crippen molar-refractivity contribution < 1.29 is 0 Å². The van der Waals surface area contributed by atoms with Crippen molar-refractivity contribution in [1.82, 2.24) is 14.9 Å². The Morgan fingerprint density at radius 2 is 1.70 bits per heavy atom. The van der Waals surface area contributed by atoms with E-state index in [1.54, 1.807) is 0 Å². The second-order valence-corrected chi connectivity index (χ2v) is 9.48. The standard InChI is InChI=1S/C21H27N5S/c1-25(2)18-5-3-14(4-6-18)13-22-26-19(23-24-20(26)27)21-10-15-7-16(11-21)9-17(8-15)12-21/h3-6,13,15-17H,7-12H2,1-2H3,(H,24,27)/b22-13+. The van der Waals surface area contributed by atoms with Crippen LogP contribution in [0.2, 0.25) is 0 Å². The van der Waals surface area contributed by atoms with Gasteiger partial charge in [-0.3, -0.25) is 5.10 Å². The van der Waals surface area contributed by atoms with Crippen molar-refractivity contribution >= 4 is 24.1 Å². The molecule has 0 saturated heterocycles. The van der Waals surface area contributed by atoms with Gasteiger partial charge in [0.25, 0.3) is 0 Å². The number of aromatic amines is 1. The fraction of sp³-hybridized carbons (Fsp3) is 0.571. The molecule has 1 aromatic heterocycles. The maximum atomic E-state index is 5.52. The first-order valence-corrected chi connectivity index (χ1v) is 10.4. The normalized spacial score (nSPS) is 31.7. The van der Waals surface area contributed by atoms with E-state index in [4.69, 9.17) is 17.3 Å². The summed E-state index contributed by atoms with van der Waals surface area (Å²) in [4.78, 5) is 2.10. The van der Waals surface area contributed by atoms with E-state index < -0.39 is 0 Å². The van der Waals surface area contributed by atoms with Gasteiger partial charge in [-0.05, 0) is 86.2 Å². The lowest BCUT2D eigenvalue weighted by molar-refractivity contribution is -0.0109. The Hall–Kier alpha value is -1.95. The molecule has 0 atom stereocenters. The Labute approximate surface area is 165 Å². The highest BCUT2D eigenvalue weighted by Crippen LogP contribution is 2.60. The first-order chi connectivity index (χ1) is 13.0. The number of hydrogen-bond donors (Lipinski definition) is 1. The van der Waals surface area contributed by atoms with Crippen LogP contribution in [0.25, 0.3) is 0 Å². The Kier molecular flexibility index (Phi) is 4.00. The number of anilines is 1. The van der Waals surface area contributed by atoms with E-state index in [0.29, 0.717) is 4.77 Å². The largest absolute Gasteiger partial charge is 0.378 e. The lowest BCUT2D eigenvalue weighted by Gasteiger charge is -2.55. The molecule has 4 aliphatic carbocycles. The van der Waals surface area contributed by atoms with Crippen molar-refractivity contribution in [1.29, 1.82) is 0 Å². The van der Waals surface area contributed by atoms with Gasteiger partial charge >= 0.3 is 0 Å². The van der Waals surface area contributed by atoms with Crippen LogP contribution in [0.4, 0.5) is 5.69 Å². The van der Waals surface area contributed by atoms with Crippen LogP contribution in [0, 0.1) is 22.5 Å². The third-order valence-corrected chi connectivity index (χ3v) is 7.16. The van der Waals surface area contributed by atoms with Gasteiger partial charge in [0, 0.05) is 25.2 Å². The van der Waals surface area contributed by atoms with Crippen LogP contribution in [0.3, 0.4) is 0 Å². The fourth-order valence-corrected chi connectivity index (χ4v) is 6.29. The number of H-pyrrole nitrogens is 1. The molecule has 4 fully saturated rings. The van der Waals surface area contributed by atoms with Crippen molar-refractivity contribution in [2.24, 2.45) is 22.9 Å². The lowest BCUT2D eigenvalue weighted by Crippen LogP contribution is -2.49. The van der Waals surface area contributed by atoms with Gasteiger partial charge in [-0.25, -0.2) is 0 Å². The molecule has 5 nitrogen and oxygen atoms in total. The number of nitrogens with one attached hydrogen (secondary N) is 1. The topological polar surface area (TPSA) is 49.2 Å². The van der Waals surface area contributed by atoms with Gasteiger partial charge in [0.2, 0.25) is 4.77 Å². The van der Waals surface area contributed by atoms with E-state index in [0.717, 1.165) is 29.1 Å². The molecule has 1 N–H and O–H groups in total. The van der Waals surface area contributed by atoms with Crippen molar-refractivity contribution in [2.45, 2.75) is 43.9 Å². The minimum atomic E-state index is 0.175. The molecule has 0 aliphatic heterocycles. The minimum Gasteiger partial charge on any atom is -0.378 e. The molecule has 27 heavy (non-hydrogen) atoms. The van der Waals surface area contributed by atoms with Gasteiger partial charge in [-0.15, -0.1) is 0 Å². The second-order valence-electron chi connectivity index (χ2n) is 9.09. The van der Waals surface area contributed by atoms with Gasteiger partial charge in [-0.2, -0.15) is 14.9 Å². The quantitative estimate of drug-likeness (QED) is 0.632. The van der Waals surface area contributed by atoms with Gasteiger partial charge in [-0.1, -0.05) is 12.1 Å². The monoisotopic (exact) mass is 381 g/mol. The van der Waals surface area contributed by atoms with Gasteiger partial charge in [0.1, 0.15) is 0 Å². The molecule has 1 heterocycles. The highest BCUT2D eigenvalue weighted by atomic mass is 32.1. The Morgan fingerprint density at radius 1 is 1.11 bits per heavy atom. The molecule has 0 unspecified atom stereocenters.